The standard InChI is InChI=1S/3C10H20.C7H12/c3*1-2-4-6-8-10-9-7-5-3-1;1-2-7-4-3-6(1)5-7/h3*1-10H2;6-7H,1-5H2. The lowest BCUT2D eigenvalue weighted by molar-refractivity contribution is 0.480. The van der Waals surface area contributed by atoms with Gasteiger partial charge < -0.3 is 0 Å². The van der Waals surface area contributed by atoms with E-state index in [2.05, 4.69) is 0 Å². The van der Waals surface area contributed by atoms with Crippen LogP contribution in [0.2, 0.25) is 0 Å². The van der Waals surface area contributed by atoms with Gasteiger partial charge in [0.2, 0.25) is 0 Å². The van der Waals surface area contributed by atoms with Crippen molar-refractivity contribution in [1.82, 2.24) is 0 Å². The summed E-state index contributed by atoms with van der Waals surface area (Å²) in [7, 11) is 0. The first-order chi connectivity index (χ1) is 18.4. The van der Waals surface area contributed by atoms with Crippen LogP contribution in [0.25, 0.3) is 0 Å². The fraction of sp³-hybridized carbons (Fsp3) is 1.00. The topological polar surface area (TPSA) is 0 Å². The van der Waals surface area contributed by atoms with Gasteiger partial charge >= 0.3 is 0 Å². The molecule has 0 aromatic carbocycles. The van der Waals surface area contributed by atoms with Crippen LogP contribution in [0, 0.1) is 11.8 Å². The fourth-order valence-electron chi connectivity index (χ4n) is 7.48. The molecule has 0 amide bonds. The van der Waals surface area contributed by atoms with Crippen LogP contribution >= 0.6 is 0 Å². The van der Waals surface area contributed by atoms with E-state index < -0.39 is 0 Å². The summed E-state index contributed by atoms with van der Waals surface area (Å²) in [6.07, 6.45) is 52.8. The smallest absolute Gasteiger partial charge is 0.0411 e. The van der Waals surface area contributed by atoms with Gasteiger partial charge in [-0.25, -0.2) is 0 Å². The lowest BCUT2D eigenvalue weighted by Crippen LogP contribution is -1.90. The molecule has 0 nitrogen and oxygen atoms in total. The zero-order valence-corrected chi connectivity index (χ0v) is 25.9. The van der Waals surface area contributed by atoms with E-state index in [0.29, 0.717) is 0 Å². The molecule has 0 heterocycles. The molecule has 220 valence electrons. The van der Waals surface area contributed by atoms with E-state index in [4.69, 9.17) is 0 Å². The SMILES string of the molecule is C1CC2CCC1C2.C1CCCCCCCCC1.C1CCCCCCCCC1.C1CCCCCCCCC1. The van der Waals surface area contributed by atoms with Gasteiger partial charge in [0.15, 0.2) is 0 Å². The van der Waals surface area contributed by atoms with E-state index in [1.54, 1.807) is 32.1 Å². The van der Waals surface area contributed by atoms with Crippen molar-refractivity contribution in [3.05, 3.63) is 0 Å². The van der Waals surface area contributed by atoms with Gasteiger partial charge in [-0.3, -0.25) is 0 Å². The lowest BCUT2D eigenvalue weighted by Gasteiger charge is -2.05. The van der Waals surface area contributed by atoms with Crippen LogP contribution in [0.5, 0.6) is 0 Å². The average Bonchev–Trinajstić information content (AvgIpc) is 3.62. The minimum atomic E-state index is 1.17. The Morgan fingerprint density at radius 3 is 0.324 bits per heavy atom. The molecule has 5 saturated carbocycles. The predicted octanol–water partition coefficient (Wildman–Crippen LogP) is 13.9. The molecule has 0 saturated heterocycles. The van der Waals surface area contributed by atoms with Crippen molar-refractivity contribution in [1.29, 1.82) is 0 Å². The van der Waals surface area contributed by atoms with Crippen molar-refractivity contribution >= 4 is 0 Å². The Balaban J connectivity index is 0.000000175. The molecule has 5 aliphatic carbocycles. The summed E-state index contributed by atoms with van der Waals surface area (Å²) in [5, 5.41) is 0. The Kier molecular flexibility index (Phi) is 23.5. The highest BCUT2D eigenvalue weighted by atomic mass is 14.4. The van der Waals surface area contributed by atoms with E-state index in [-0.39, 0.29) is 0 Å². The molecular weight excluding hydrogens is 444 g/mol. The third-order valence-electron chi connectivity index (χ3n) is 10.1. The van der Waals surface area contributed by atoms with Gasteiger partial charge in [0.25, 0.3) is 0 Å². The number of rotatable bonds is 0. The average molecular weight is 517 g/mol. The molecule has 0 atom stereocenters. The fourth-order valence-corrected chi connectivity index (χ4v) is 7.48. The van der Waals surface area contributed by atoms with E-state index in [9.17, 15) is 0 Å². The Labute approximate surface area is 236 Å². The highest BCUT2D eigenvalue weighted by Crippen LogP contribution is 2.43. The Bertz CT molecular complexity index is 274. The summed E-state index contributed by atoms with van der Waals surface area (Å²) in [6.45, 7) is 0. The van der Waals surface area contributed by atoms with E-state index in [1.807, 2.05) is 0 Å². The van der Waals surface area contributed by atoms with E-state index in [0.717, 1.165) is 0 Å². The van der Waals surface area contributed by atoms with Crippen LogP contribution in [0.3, 0.4) is 0 Å². The molecule has 0 heteroatoms. The summed E-state index contributed by atoms with van der Waals surface area (Å²) in [4.78, 5) is 0. The van der Waals surface area contributed by atoms with Gasteiger partial charge in [0, 0.05) is 0 Å². The summed E-state index contributed by atoms with van der Waals surface area (Å²) in [6, 6.07) is 0. The van der Waals surface area contributed by atoms with Crippen molar-refractivity contribution in [3.63, 3.8) is 0 Å². The highest BCUT2D eigenvalue weighted by Gasteiger charge is 2.30. The van der Waals surface area contributed by atoms with Crippen LogP contribution < -0.4 is 0 Å². The van der Waals surface area contributed by atoms with E-state index >= 15 is 0 Å². The van der Waals surface area contributed by atoms with Crippen molar-refractivity contribution in [2.75, 3.05) is 0 Å². The predicted molar refractivity (Wildman–Crippen MR) is 169 cm³/mol. The van der Waals surface area contributed by atoms with Gasteiger partial charge in [-0.15, -0.1) is 0 Å². The summed E-state index contributed by atoms with van der Waals surface area (Å²) < 4.78 is 0. The van der Waals surface area contributed by atoms with Crippen molar-refractivity contribution < 1.29 is 0 Å². The molecule has 0 unspecified atom stereocenters. The molecule has 37 heavy (non-hydrogen) atoms. The summed E-state index contributed by atoms with van der Waals surface area (Å²) >= 11 is 0. The molecule has 0 N–H and O–H groups in total. The summed E-state index contributed by atoms with van der Waals surface area (Å²) in [5.41, 5.74) is 0. The molecule has 0 aliphatic heterocycles. The van der Waals surface area contributed by atoms with Crippen LogP contribution in [-0.2, 0) is 0 Å². The second-order valence-corrected chi connectivity index (χ2v) is 13.7. The van der Waals surface area contributed by atoms with Crippen LogP contribution in [-0.4, -0.2) is 0 Å². The minimum absolute atomic E-state index is 1.17. The first kappa shape index (κ1) is 33.2. The number of fused-ring (bicyclic) bond motifs is 2. The molecular formula is C37H72. The van der Waals surface area contributed by atoms with Crippen molar-refractivity contribution in [3.8, 4) is 0 Å². The maximum Gasteiger partial charge on any atom is -0.0411 e. The molecule has 0 radical (unpaired) electrons. The first-order valence-electron chi connectivity index (χ1n) is 18.4. The van der Waals surface area contributed by atoms with Gasteiger partial charge in [-0.2, -0.15) is 0 Å². The van der Waals surface area contributed by atoms with Crippen molar-refractivity contribution in [2.24, 2.45) is 11.8 Å². The van der Waals surface area contributed by atoms with Gasteiger partial charge in [-0.1, -0.05) is 218 Å². The van der Waals surface area contributed by atoms with Crippen LogP contribution in [0.15, 0.2) is 0 Å². The minimum Gasteiger partial charge on any atom is -0.0533 e. The van der Waals surface area contributed by atoms with E-state index in [1.165, 1.54) is 204 Å². The third-order valence-corrected chi connectivity index (χ3v) is 10.1. The van der Waals surface area contributed by atoms with Gasteiger partial charge in [-0.05, 0) is 18.3 Å². The second-order valence-electron chi connectivity index (χ2n) is 13.7. The monoisotopic (exact) mass is 517 g/mol. The maximum atomic E-state index is 1.58. The molecule has 5 rings (SSSR count). The largest absolute Gasteiger partial charge is 0.0533 e. The first-order valence-corrected chi connectivity index (χ1v) is 18.4. The van der Waals surface area contributed by atoms with Crippen molar-refractivity contribution in [2.45, 2.75) is 225 Å². The lowest BCUT2D eigenvalue weighted by atomic mass is 10.0. The Morgan fingerprint density at radius 1 is 0.162 bits per heavy atom. The zero-order chi connectivity index (χ0) is 25.9. The van der Waals surface area contributed by atoms with Crippen LogP contribution in [0.1, 0.15) is 225 Å². The third kappa shape index (κ3) is 21.5. The second kappa shape index (κ2) is 26.2. The quantitative estimate of drug-likeness (QED) is 0.300. The number of hydrogen-bond acceptors (Lipinski definition) is 0. The Hall–Kier alpha value is 0. The number of hydrogen-bond donors (Lipinski definition) is 0. The molecule has 2 bridgehead atoms. The van der Waals surface area contributed by atoms with Gasteiger partial charge in [0.05, 0.1) is 0 Å². The highest BCUT2D eigenvalue weighted by molar-refractivity contribution is 4.82. The molecule has 5 fully saturated rings. The molecule has 0 aromatic rings. The molecule has 5 aliphatic rings. The molecule has 0 aromatic heterocycles. The van der Waals surface area contributed by atoms with Crippen LogP contribution in [0.4, 0.5) is 0 Å². The molecule has 0 spiro atoms. The normalized spacial score (nSPS) is 28.5. The zero-order valence-electron chi connectivity index (χ0n) is 25.9. The maximum absolute atomic E-state index is 1.58. The van der Waals surface area contributed by atoms with Gasteiger partial charge in [0.1, 0.15) is 0 Å². The Morgan fingerprint density at radius 2 is 0.270 bits per heavy atom. The summed E-state index contributed by atoms with van der Waals surface area (Å²) in [5.74, 6) is 2.34.